The van der Waals surface area contributed by atoms with Gasteiger partial charge in [0, 0.05) is 10.5 Å². The fourth-order valence-corrected chi connectivity index (χ4v) is 2.94. The van der Waals surface area contributed by atoms with Gasteiger partial charge in [-0.2, -0.15) is 0 Å². The standard InChI is InChI=1S/C16H16BrClFN/c1-3-11-4-6-12(7-5-11)10(2)20-16-14(17)8-13(19)9-15(16)18/h4-10,20H,3H2,1-2H3. The van der Waals surface area contributed by atoms with Crippen molar-refractivity contribution in [2.45, 2.75) is 26.3 Å². The molecule has 0 saturated carbocycles. The molecule has 4 heteroatoms. The molecule has 0 heterocycles. The predicted molar refractivity (Wildman–Crippen MR) is 87.0 cm³/mol. The van der Waals surface area contributed by atoms with Crippen molar-refractivity contribution in [2.75, 3.05) is 5.32 Å². The van der Waals surface area contributed by atoms with Crippen LogP contribution in [0, 0.1) is 5.82 Å². The van der Waals surface area contributed by atoms with Crippen molar-refractivity contribution in [1.29, 1.82) is 0 Å². The third-order valence-electron chi connectivity index (χ3n) is 3.26. The minimum absolute atomic E-state index is 0.0835. The summed E-state index contributed by atoms with van der Waals surface area (Å²) >= 11 is 9.42. The molecule has 20 heavy (non-hydrogen) atoms. The van der Waals surface area contributed by atoms with Crippen LogP contribution in [0.5, 0.6) is 0 Å². The summed E-state index contributed by atoms with van der Waals surface area (Å²) in [6, 6.07) is 11.2. The first kappa shape index (κ1) is 15.3. The second-order valence-corrected chi connectivity index (χ2v) is 5.97. The molecular formula is C16H16BrClFN. The van der Waals surface area contributed by atoms with Gasteiger partial charge < -0.3 is 5.32 Å². The molecule has 0 saturated heterocycles. The normalized spacial score (nSPS) is 12.2. The van der Waals surface area contributed by atoms with Gasteiger partial charge >= 0.3 is 0 Å². The zero-order valence-corrected chi connectivity index (χ0v) is 13.7. The Morgan fingerprint density at radius 1 is 1.25 bits per heavy atom. The molecule has 0 aliphatic heterocycles. The number of hydrogen-bond donors (Lipinski definition) is 1. The number of aryl methyl sites for hydroxylation is 1. The van der Waals surface area contributed by atoms with Gasteiger partial charge in [0.15, 0.2) is 0 Å². The van der Waals surface area contributed by atoms with Crippen molar-refractivity contribution in [1.82, 2.24) is 0 Å². The van der Waals surface area contributed by atoms with E-state index in [0.717, 1.165) is 12.0 Å². The van der Waals surface area contributed by atoms with Crippen molar-refractivity contribution in [3.8, 4) is 0 Å². The Labute approximate surface area is 132 Å². The maximum atomic E-state index is 13.2. The lowest BCUT2D eigenvalue weighted by atomic mass is 10.0. The first-order valence-electron chi connectivity index (χ1n) is 6.51. The van der Waals surface area contributed by atoms with Gasteiger partial charge in [0.2, 0.25) is 0 Å². The van der Waals surface area contributed by atoms with Crippen LogP contribution in [0.4, 0.5) is 10.1 Å². The van der Waals surface area contributed by atoms with Crippen molar-refractivity contribution in [3.05, 3.63) is 62.8 Å². The molecule has 106 valence electrons. The van der Waals surface area contributed by atoms with Crippen LogP contribution >= 0.6 is 27.5 Å². The molecule has 0 radical (unpaired) electrons. The average Bonchev–Trinajstić information content (AvgIpc) is 2.42. The maximum absolute atomic E-state index is 13.2. The number of anilines is 1. The minimum atomic E-state index is -0.354. The zero-order valence-electron chi connectivity index (χ0n) is 11.4. The van der Waals surface area contributed by atoms with E-state index in [1.54, 1.807) is 0 Å². The SMILES string of the molecule is CCc1ccc(C(C)Nc2c(Cl)cc(F)cc2Br)cc1. The van der Waals surface area contributed by atoms with Gasteiger partial charge in [-0.05, 0) is 52.5 Å². The Morgan fingerprint density at radius 2 is 1.90 bits per heavy atom. The molecule has 2 rings (SSSR count). The molecule has 2 aromatic rings. The van der Waals surface area contributed by atoms with Crippen molar-refractivity contribution in [3.63, 3.8) is 0 Å². The molecule has 2 aromatic carbocycles. The van der Waals surface area contributed by atoms with Gasteiger partial charge in [0.05, 0.1) is 10.7 Å². The van der Waals surface area contributed by atoms with Gasteiger partial charge in [0.1, 0.15) is 5.82 Å². The summed E-state index contributed by atoms with van der Waals surface area (Å²) in [5.41, 5.74) is 3.18. The summed E-state index contributed by atoms with van der Waals surface area (Å²) < 4.78 is 13.8. The van der Waals surface area contributed by atoms with Gasteiger partial charge in [-0.1, -0.05) is 42.8 Å². The van der Waals surface area contributed by atoms with Crippen LogP contribution in [0.25, 0.3) is 0 Å². The van der Waals surface area contributed by atoms with Crippen LogP contribution in [-0.2, 0) is 6.42 Å². The lowest BCUT2D eigenvalue weighted by Crippen LogP contribution is -2.07. The molecule has 1 nitrogen and oxygen atoms in total. The molecular weight excluding hydrogens is 341 g/mol. The average molecular weight is 357 g/mol. The Morgan fingerprint density at radius 3 is 2.45 bits per heavy atom. The summed E-state index contributed by atoms with van der Waals surface area (Å²) in [6.45, 7) is 4.18. The van der Waals surface area contributed by atoms with E-state index in [2.05, 4.69) is 52.4 Å². The molecule has 1 atom stereocenters. The monoisotopic (exact) mass is 355 g/mol. The molecule has 1 unspecified atom stereocenters. The second-order valence-electron chi connectivity index (χ2n) is 4.71. The molecule has 0 bridgehead atoms. The number of hydrogen-bond acceptors (Lipinski definition) is 1. The van der Waals surface area contributed by atoms with Crippen LogP contribution in [0.15, 0.2) is 40.9 Å². The van der Waals surface area contributed by atoms with E-state index >= 15 is 0 Å². The molecule has 0 spiro atoms. The maximum Gasteiger partial charge on any atom is 0.125 e. The van der Waals surface area contributed by atoms with Crippen LogP contribution in [0.2, 0.25) is 5.02 Å². The summed E-state index contributed by atoms with van der Waals surface area (Å²) in [5, 5.41) is 3.68. The number of rotatable bonds is 4. The largest absolute Gasteiger partial charge is 0.376 e. The van der Waals surface area contributed by atoms with E-state index in [-0.39, 0.29) is 11.9 Å². The summed E-state index contributed by atoms with van der Waals surface area (Å²) in [5.74, 6) is -0.354. The number of halogens is 3. The van der Waals surface area contributed by atoms with Gasteiger partial charge in [-0.25, -0.2) is 4.39 Å². The predicted octanol–water partition coefficient (Wildman–Crippen LogP) is 5.98. The lowest BCUT2D eigenvalue weighted by Gasteiger charge is -2.18. The van der Waals surface area contributed by atoms with E-state index < -0.39 is 0 Å². The van der Waals surface area contributed by atoms with E-state index in [9.17, 15) is 4.39 Å². The first-order chi connectivity index (χ1) is 9.51. The smallest absolute Gasteiger partial charge is 0.125 e. The lowest BCUT2D eigenvalue weighted by molar-refractivity contribution is 0.627. The highest BCUT2D eigenvalue weighted by Gasteiger charge is 2.12. The third-order valence-corrected chi connectivity index (χ3v) is 4.18. The van der Waals surface area contributed by atoms with Gasteiger partial charge in [0.25, 0.3) is 0 Å². The molecule has 0 amide bonds. The molecule has 0 aliphatic rings. The van der Waals surface area contributed by atoms with Crippen molar-refractivity contribution in [2.24, 2.45) is 0 Å². The number of nitrogens with one attached hydrogen (secondary N) is 1. The third kappa shape index (κ3) is 3.53. The van der Waals surface area contributed by atoms with Crippen LogP contribution in [-0.4, -0.2) is 0 Å². The van der Waals surface area contributed by atoms with Crippen LogP contribution < -0.4 is 5.32 Å². The van der Waals surface area contributed by atoms with E-state index in [1.807, 2.05) is 6.92 Å². The summed E-state index contributed by atoms with van der Waals surface area (Å²) in [4.78, 5) is 0. The Bertz CT molecular complexity index is 575. The number of benzene rings is 2. The summed E-state index contributed by atoms with van der Waals surface area (Å²) in [6.07, 6.45) is 1.03. The highest BCUT2D eigenvalue weighted by Crippen LogP contribution is 2.34. The van der Waals surface area contributed by atoms with Gasteiger partial charge in [-0.3, -0.25) is 0 Å². The second kappa shape index (κ2) is 6.59. The summed E-state index contributed by atoms with van der Waals surface area (Å²) in [7, 11) is 0. The molecule has 0 aromatic heterocycles. The van der Waals surface area contributed by atoms with E-state index in [4.69, 9.17) is 11.6 Å². The Hall–Kier alpha value is -1.06. The topological polar surface area (TPSA) is 12.0 Å². The minimum Gasteiger partial charge on any atom is -0.376 e. The Balaban J connectivity index is 2.20. The quantitative estimate of drug-likeness (QED) is 0.711. The van der Waals surface area contributed by atoms with Crippen LogP contribution in [0.1, 0.15) is 31.0 Å². The van der Waals surface area contributed by atoms with Gasteiger partial charge in [-0.15, -0.1) is 0 Å². The zero-order chi connectivity index (χ0) is 14.7. The van der Waals surface area contributed by atoms with E-state index in [1.165, 1.54) is 17.7 Å². The fraction of sp³-hybridized carbons (Fsp3) is 0.250. The van der Waals surface area contributed by atoms with Crippen molar-refractivity contribution < 1.29 is 4.39 Å². The molecule has 1 N–H and O–H groups in total. The molecule has 0 fully saturated rings. The fourth-order valence-electron chi connectivity index (χ4n) is 2.02. The highest BCUT2D eigenvalue weighted by atomic mass is 79.9. The Kier molecular flexibility index (Phi) is 5.06. The van der Waals surface area contributed by atoms with E-state index in [0.29, 0.717) is 15.2 Å². The first-order valence-corrected chi connectivity index (χ1v) is 7.68. The van der Waals surface area contributed by atoms with Crippen LogP contribution in [0.3, 0.4) is 0 Å². The highest BCUT2D eigenvalue weighted by molar-refractivity contribution is 9.10. The van der Waals surface area contributed by atoms with Crippen molar-refractivity contribution >= 4 is 33.2 Å². The molecule has 0 aliphatic carbocycles.